The lowest BCUT2D eigenvalue weighted by atomic mass is 10.1. The molecule has 7 nitrogen and oxygen atoms in total. The second-order valence-corrected chi connectivity index (χ2v) is 6.71. The zero-order chi connectivity index (χ0) is 20.8. The van der Waals surface area contributed by atoms with E-state index in [9.17, 15) is 0 Å². The van der Waals surface area contributed by atoms with Crippen molar-refractivity contribution in [3.05, 3.63) is 0 Å². The summed E-state index contributed by atoms with van der Waals surface area (Å²) < 4.78 is 0. The molecule has 0 amide bonds. The van der Waals surface area contributed by atoms with Crippen LogP contribution in [0, 0.1) is 0 Å². The summed E-state index contributed by atoms with van der Waals surface area (Å²) in [4.78, 5) is 17.6. The second kappa shape index (κ2) is 29.0. The highest BCUT2D eigenvalue weighted by atomic mass is 35.5. The van der Waals surface area contributed by atoms with E-state index in [1.165, 1.54) is 64.2 Å². The van der Waals surface area contributed by atoms with Crippen LogP contribution >= 0.6 is 24.8 Å². The maximum absolute atomic E-state index is 9.00. The molecular formula is C20H45Cl2N5O2. The minimum atomic E-state index is -0.833. The number of nitrogens with zero attached hydrogens (tertiary/aromatic N) is 2. The number of hydrogen-bond acceptors (Lipinski definition) is 3. The van der Waals surface area contributed by atoms with Crippen LogP contribution in [0.15, 0.2) is 9.98 Å². The summed E-state index contributed by atoms with van der Waals surface area (Å²) in [5, 5.41) is 10.3. The number of nitrogens with one attached hydrogen (secondary N) is 1. The predicted octanol–water partition coefficient (Wildman–Crippen LogP) is 4.86. The highest BCUT2D eigenvalue weighted by Crippen LogP contribution is 2.05. The Morgan fingerprint density at radius 2 is 1.00 bits per heavy atom. The van der Waals surface area contributed by atoms with Crippen LogP contribution in [0.25, 0.3) is 0 Å². The second-order valence-electron chi connectivity index (χ2n) is 6.71. The summed E-state index contributed by atoms with van der Waals surface area (Å²) >= 11 is 0. The van der Waals surface area contributed by atoms with E-state index in [2.05, 4.69) is 29.1 Å². The van der Waals surface area contributed by atoms with Crippen molar-refractivity contribution < 1.29 is 9.90 Å². The van der Waals surface area contributed by atoms with Gasteiger partial charge in [0.15, 0.2) is 11.9 Å². The molecule has 0 unspecified atom stereocenters. The lowest BCUT2D eigenvalue weighted by Gasteiger charge is -2.05. The summed E-state index contributed by atoms with van der Waals surface area (Å²) in [6.07, 6.45) is 15.1. The zero-order valence-electron chi connectivity index (χ0n) is 18.6. The quantitative estimate of drug-likeness (QED) is 0.168. The molecule has 29 heavy (non-hydrogen) atoms. The van der Waals surface area contributed by atoms with E-state index < -0.39 is 5.97 Å². The van der Waals surface area contributed by atoms with Gasteiger partial charge in [-0.15, -0.1) is 24.8 Å². The van der Waals surface area contributed by atoms with E-state index in [0.717, 1.165) is 32.9 Å². The standard InChI is InChI=1S/C18H39N5.C2H4O2.2ClH/c1-3-5-7-9-11-13-15-21-17(19)23-18(20)22-16-14-12-10-8-6-4-2;1-2(3)4;;/h3-16H2,1-2H3,(H5,19,20,21,22,23);1H3,(H,3,4);2*1H. The molecule has 0 rings (SSSR count). The number of aliphatic carboxylic acids is 1. The Kier molecular flexibility index (Phi) is 35.2. The summed E-state index contributed by atoms with van der Waals surface area (Å²) in [6, 6.07) is 0. The zero-order valence-corrected chi connectivity index (χ0v) is 20.3. The number of guanidine groups is 2. The Morgan fingerprint density at radius 1 is 0.724 bits per heavy atom. The predicted molar refractivity (Wildman–Crippen MR) is 131 cm³/mol. The average molecular weight is 459 g/mol. The molecule has 0 aliphatic heterocycles. The number of carbonyl (C=O) groups is 1. The number of hydrogen-bond donors (Lipinski definition) is 4. The molecule has 0 atom stereocenters. The van der Waals surface area contributed by atoms with Gasteiger partial charge in [-0.3, -0.25) is 20.1 Å². The van der Waals surface area contributed by atoms with Gasteiger partial charge in [0, 0.05) is 20.0 Å². The Labute approximate surface area is 190 Å². The first kappa shape index (κ1) is 35.2. The minimum absolute atomic E-state index is 0. The van der Waals surface area contributed by atoms with Gasteiger partial charge in [0.25, 0.3) is 5.97 Å². The van der Waals surface area contributed by atoms with Gasteiger partial charge in [-0.2, -0.15) is 0 Å². The van der Waals surface area contributed by atoms with Gasteiger partial charge in [-0.25, -0.2) is 0 Å². The Balaban J connectivity index is -0.000000473. The first-order chi connectivity index (χ1) is 12.9. The minimum Gasteiger partial charge on any atom is -0.481 e. The van der Waals surface area contributed by atoms with Gasteiger partial charge in [0.1, 0.15) is 0 Å². The largest absolute Gasteiger partial charge is 0.481 e. The summed E-state index contributed by atoms with van der Waals surface area (Å²) in [6.45, 7) is 7.06. The van der Waals surface area contributed by atoms with Gasteiger partial charge in [0.05, 0.1) is 0 Å². The van der Waals surface area contributed by atoms with E-state index in [-0.39, 0.29) is 24.8 Å². The van der Waals surface area contributed by atoms with E-state index in [1.807, 2.05) is 0 Å². The third-order valence-corrected chi connectivity index (χ3v) is 3.84. The van der Waals surface area contributed by atoms with E-state index in [1.54, 1.807) is 0 Å². The average Bonchev–Trinajstić information content (AvgIpc) is 2.59. The number of aliphatic imine (C=N–C) groups is 2. The third kappa shape index (κ3) is 38.1. The summed E-state index contributed by atoms with van der Waals surface area (Å²) in [5.41, 5.74) is 11.6. The third-order valence-electron chi connectivity index (χ3n) is 3.84. The fraction of sp³-hybridized carbons (Fsp3) is 0.850. The molecule has 0 saturated heterocycles. The van der Waals surface area contributed by atoms with Crippen molar-refractivity contribution in [3.8, 4) is 0 Å². The maximum atomic E-state index is 9.00. The van der Waals surface area contributed by atoms with Crippen LogP contribution in [0.1, 0.15) is 97.8 Å². The van der Waals surface area contributed by atoms with Gasteiger partial charge in [0.2, 0.25) is 0 Å². The Hall–Kier alpha value is -1.21. The molecule has 0 aliphatic rings. The normalized spacial score (nSPS) is 10.9. The van der Waals surface area contributed by atoms with Crippen molar-refractivity contribution in [2.24, 2.45) is 21.5 Å². The molecule has 0 aromatic rings. The van der Waals surface area contributed by atoms with Crippen molar-refractivity contribution in [1.29, 1.82) is 0 Å². The van der Waals surface area contributed by atoms with Crippen molar-refractivity contribution in [2.75, 3.05) is 13.1 Å². The molecule has 0 aromatic heterocycles. The van der Waals surface area contributed by atoms with Crippen LogP contribution in [0.3, 0.4) is 0 Å². The van der Waals surface area contributed by atoms with Crippen molar-refractivity contribution >= 4 is 42.7 Å². The highest BCUT2D eigenvalue weighted by Gasteiger charge is 1.96. The van der Waals surface area contributed by atoms with E-state index in [0.29, 0.717) is 11.9 Å². The van der Waals surface area contributed by atoms with Gasteiger partial charge >= 0.3 is 0 Å². The molecule has 0 fully saturated rings. The molecular weight excluding hydrogens is 413 g/mol. The Morgan fingerprint density at radius 3 is 1.31 bits per heavy atom. The van der Waals surface area contributed by atoms with Gasteiger partial charge in [-0.1, -0.05) is 78.1 Å². The monoisotopic (exact) mass is 457 g/mol. The van der Waals surface area contributed by atoms with Crippen LogP contribution in [0.4, 0.5) is 0 Å². The number of carboxylic acid groups (broad SMARTS) is 1. The molecule has 0 radical (unpaired) electrons. The molecule has 176 valence electrons. The van der Waals surface area contributed by atoms with Crippen molar-refractivity contribution in [3.63, 3.8) is 0 Å². The summed E-state index contributed by atoms with van der Waals surface area (Å²) in [5.74, 6) is -0.0782. The molecule has 0 heterocycles. The first-order valence-electron chi connectivity index (χ1n) is 10.5. The smallest absolute Gasteiger partial charge is 0.300 e. The number of unbranched alkanes of at least 4 members (excludes halogenated alkanes) is 10. The molecule has 0 saturated carbocycles. The highest BCUT2D eigenvalue weighted by molar-refractivity contribution is 5.97. The number of nitrogens with two attached hydrogens (primary N) is 2. The lowest BCUT2D eigenvalue weighted by Crippen LogP contribution is -2.41. The van der Waals surface area contributed by atoms with Crippen molar-refractivity contribution in [2.45, 2.75) is 97.8 Å². The molecule has 6 N–H and O–H groups in total. The maximum Gasteiger partial charge on any atom is 0.300 e. The number of rotatable bonds is 14. The number of carboxylic acids is 1. The molecule has 0 aromatic carbocycles. The number of halogens is 2. The lowest BCUT2D eigenvalue weighted by molar-refractivity contribution is -0.134. The SMILES string of the molecule is CC(=O)O.CCCCCCCCN=C(N)NC(N)=NCCCCCCCC.Cl.Cl. The van der Waals surface area contributed by atoms with Crippen LogP contribution in [-0.2, 0) is 4.79 Å². The molecule has 0 spiro atoms. The van der Waals surface area contributed by atoms with Crippen LogP contribution in [0.2, 0.25) is 0 Å². The van der Waals surface area contributed by atoms with Gasteiger partial charge < -0.3 is 16.6 Å². The Bertz CT molecular complexity index is 374. The fourth-order valence-corrected chi connectivity index (χ4v) is 2.39. The molecule has 9 heteroatoms. The van der Waals surface area contributed by atoms with Crippen LogP contribution < -0.4 is 16.8 Å². The first-order valence-corrected chi connectivity index (χ1v) is 10.5. The van der Waals surface area contributed by atoms with Gasteiger partial charge in [-0.05, 0) is 12.8 Å². The van der Waals surface area contributed by atoms with Crippen molar-refractivity contribution in [1.82, 2.24) is 5.32 Å². The van der Waals surface area contributed by atoms with Crippen LogP contribution in [-0.4, -0.2) is 36.1 Å². The van der Waals surface area contributed by atoms with Crippen LogP contribution in [0.5, 0.6) is 0 Å². The molecule has 0 aliphatic carbocycles. The fourth-order valence-electron chi connectivity index (χ4n) is 2.39. The topological polar surface area (TPSA) is 126 Å². The summed E-state index contributed by atoms with van der Waals surface area (Å²) in [7, 11) is 0. The van der Waals surface area contributed by atoms with E-state index in [4.69, 9.17) is 21.4 Å². The molecule has 0 bridgehead atoms. The van der Waals surface area contributed by atoms with E-state index >= 15 is 0 Å².